The molecular formula is C14H16BrN5O. The van der Waals surface area contributed by atoms with Crippen LogP contribution < -0.4 is 10.2 Å². The minimum Gasteiger partial charge on any atom is -0.358 e. The van der Waals surface area contributed by atoms with Gasteiger partial charge in [0, 0.05) is 30.3 Å². The average Bonchev–Trinajstić information content (AvgIpc) is 2.96. The third kappa shape index (κ3) is 2.78. The molecule has 2 aromatic rings. The number of nitrogens with one attached hydrogen (secondary N) is 1. The first kappa shape index (κ1) is 14.1. The molecule has 0 spiro atoms. The lowest BCUT2D eigenvalue weighted by atomic mass is 10.2. The van der Waals surface area contributed by atoms with Gasteiger partial charge >= 0.3 is 0 Å². The zero-order valence-electron chi connectivity index (χ0n) is 11.9. The van der Waals surface area contributed by atoms with Crippen LogP contribution in [0.2, 0.25) is 0 Å². The first-order valence-corrected chi connectivity index (χ1v) is 7.54. The average molecular weight is 350 g/mol. The first-order chi connectivity index (χ1) is 10.0. The van der Waals surface area contributed by atoms with Crippen molar-refractivity contribution >= 4 is 33.5 Å². The lowest BCUT2D eigenvalue weighted by Gasteiger charge is -2.17. The molecule has 2 aromatic heterocycles. The number of hydrogen-bond donors (Lipinski definition) is 1. The standard InChI is InChI=1S/C14H16BrN5O/c1-9-7-13(19(2)18-9)20-6-5-11(14(20)21)17-12-4-3-10(15)8-16-12/h3-4,7-8,11H,5-6H2,1-2H3,(H,16,17). The van der Waals surface area contributed by atoms with Crippen LogP contribution in [0.4, 0.5) is 11.6 Å². The lowest BCUT2D eigenvalue weighted by molar-refractivity contribution is -0.117. The third-order valence-corrected chi connectivity index (χ3v) is 3.98. The highest BCUT2D eigenvalue weighted by Crippen LogP contribution is 2.23. The topological polar surface area (TPSA) is 63.1 Å². The maximum absolute atomic E-state index is 12.5. The van der Waals surface area contributed by atoms with E-state index in [1.807, 2.05) is 32.2 Å². The van der Waals surface area contributed by atoms with E-state index in [4.69, 9.17) is 0 Å². The van der Waals surface area contributed by atoms with Crippen LogP contribution in [0.25, 0.3) is 0 Å². The Bertz CT molecular complexity index is 667. The molecule has 0 bridgehead atoms. The number of carbonyl (C=O) groups is 1. The summed E-state index contributed by atoms with van der Waals surface area (Å²) in [6.45, 7) is 2.61. The quantitative estimate of drug-likeness (QED) is 0.921. The van der Waals surface area contributed by atoms with Gasteiger partial charge in [-0.05, 0) is 41.4 Å². The molecule has 6 nitrogen and oxygen atoms in total. The second-order valence-corrected chi connectivity index (χ2v) is 6.02. The Morgan fingerprint density at radius 2 is 2.24 bits per heavy atom. The summed E-state index contributed by atoms with van der Waals surface area (Å²) in [4.78, 5) is 18.5. The Morgan fingerprint density at radius 1 is 1.43 bits per heavy atom. The van der Waals surface area contributed by atoms with E-state index in [0.29, 0.717) is 12.4 Å². The summed E-state index contributed by atoms with van der Waals surface area (Å²) in [5, 5.41) is 7.48. The molecule has 0 aromatic carbocycles. The van der Waals surface area contributed by atoms with Gasteiger partial charge in [0.15, 0.2) is 0 Å². The molecule has 1 saturated heterocycles. The van der Waals surface area contributed by atoms with Crippen molar-refractivity contribution in [3.8, 4) is 0 Å². The molecule has 110 valence electrons. The Labute approximate surface area is 131 Å². The van der Waals surface area contributed by atoms with Crippen LogP contribution in [0.15, 0.2) is 28.9 Å². The van der Waals surface area contributed by atoms with Gasteiger partial charge in [0.2, 0.25) is 0 Å². The molecular weight excluding hydrogens is 334 g/mol. The highest BCUT2D eigenvalue weighted by molar-refractivity contribution is 9.10. The minimum atomic E-state index is -0.242. The molecule has 0 saturated carbocycles. The monoisotopic (exact) mass is 349 g/mol. The van der Waals surface area contributed by atoms with Gasteiger partial charge in [-0.1, -0.05) is 0 Å². The molecule has 21 heavy (non-hydrogen) atoms. The second-order valence-electron chi connectivity index (χ2n) is 5.10. The molecule has 1 aliphatic heterocycles. The van der Waals surface area contributed by atoms with Gasteiger partial charge in [0.25, 0.3) is 5.91 Å². The molecule has 1 N–H and O–H groups in total. The number of aromatic nitrogens is 3. The molecule has 0 radical (unpaired) electrons. The molecule has 1 fully saturated rings. The summed E-state index contributed by atoms with van der Waals surface area (Å²) in [7, 11) is 1.85. The van der Waals surface area contributed by atoms with E-state index in [1.165, 1.54) is 0 Å². The number of rotatable bonds is 3. The highest BCUT2D eigenvalue weighted by atomic mass is 79.9. The molecule has 3 heterocycles. The predicted molar refractivity (Wildman–Crippen MR) is 84.3 cm³/mol. The van der Waals surface area contributed by atoms with E-state index in [1.54, 1.807) is 15.8 Å². The summed E-state index contributed by atoms with van der Waals surface area (Å²) < 4.78 is 2.66. The number of pyridine rings is 1. The number of anilines is 2. The van der Waals surface area contributed by atoms with Crippen molar-refractivity contribution in [1.82, 2.24) is 14.8 Å². The SMILES string of the molecule is Cc1cc(N2CCC(Nc3ccc(Br)cn3)C2=O)n(C)n1. The van der Waals surface area contributed by atoms with Gasteiger partial charge in [0.05, 0.1) is 5.69 Å². The van der Waals surface area contributed by atoms with Crippen molar-refractivity contribution in [3.05, 3.63) is 34.6 Å². The highest BCUT2D eigenvalue weighted by Gasteiger charge is 2.34. The van der Waals surface area contributed by atoms with E-state index in [0.717, 1.165) is 22.4 Å². The number of halogens is 1. The molecule has 1 atom stereocenters. The van der Waals surface area contributed by atoms with Crippen LogP contribution in [-0.2, 0) is 11.8 Å². The number of amides is 1. The Hall–Kier alpha value is -1.89. The van der Waals surface area contributed by atoms with Crippen LogP contribution in [0.5, 0.6) is 0 Å². The summed E-state index contributed by atoms with van der Waals surface area (Å²) in [6.07, 6.45) is 2.46. The largest absolute Gasteiger partial charge is 0.358 e. The second kappa shape index (κ2) is 5.48. The van der Waals surface area contributed by atoms with Crippen LogP contribution >= 0.6 is 15.9 Å². The first-order valence-electron chi connectivity index (χ1n) is 6.75. The summed E-state index contributed by atoms with van der Waals surface area (Å²) in [5.41, 5.74) is 0.909. The van der Waals surface area contributed by atoms with Gasteiger partial charge in [-0.15, -0.1) is 0 Å². The van der Waals surface area contributed by atoms with E-state index < -0.39 is 0 Å². The van der Waals surface area contributed by atoms with Crippen molar-refractivity contribution < 1.29 is 4.79 Å². The Balaban J connectivity index is 1.74. The molecule has 7 heteroatoms. The van der Waals surface area contributed by atoms with Gasteiger partial charge in [-0.3, -0.25) is 14.4 Å². The summed E-state index contributed by atoms with van der Waals surface area (Å²) in [5.74, 6) is 1.60. The zero-order chi connectivity index (χ0) is 15.0. The number of nitrogens with zero attached hydrogens (tertiary/aromatic N) is 4. The number of carbonyl (C=O) groups excluding carboxylic acids is 1. The number of hydrogen-bond acceptors (Lipinski definition) is 4. The van der Waals surface area contributed by atoms with Gasteiger partial charge in [0.1, 0.15) is 17.7 Å². The fraction of sp³-hybridized carbons (Fsp3) is 0.357. The lowest BCUT2D eigenvalue weighted by Crippen LogP contribution is -2.34. The smallest absolute Gasteiger partial charge is 0.250 e. The van der Waals surface area contributed by atoms with Crippen LogP contribution in [0, 0.1) is 6.92 Å². The van der Waals surface area contributed by atoms with Crippen LogP contribution in [0.1, 0.15) is 12.1 Å². The molecule has 1 unspecified atom stereocenters. The molecule has 0 aliphatic carbocycles. The molecule has 1 aliphatic rings. The van der Waals surface area contributed by atoms with Crippen molar-refractivity contribution in [1.29, 1.82) is 0 Å². The summed E-state index contributed by atoms with van der Waals surface area (Å²) >= 11 is 3.35. The van der Waals surface area contributed by atoms with Crippen molar-refractivity contribution in [2.24, 2.45) is 7.05 Å². The van der Waals surface area contributed by atoms with E-state index in [9.17, 15) is 4.79 Å². The van der Waals surface area contributed by atoms with Crippen molar-refractivity contribution in [3.63, 3.8) is 0 Å². The van der Waals surface area contributed by atoms with Crippen LogP contribution in [-0.4, -0.2) is 33.3 Å². The predicted octanol–water partition coefficient (Wildman–Crippen LogP) is 2.10. The van der Waals surface area contributed by atoms with Crippen LogP contribution in [0.3, 0.4) is 0 Å². The maximum atomic E-state index is 12.5. The number of aryl methyl sites for hydroxylation is 2. The van der Waals surface area contributed by atoms with Gasteiger partial charge in [-0.25, -0.2) is 4.98 Å². The molecule has 3 rings (SSSR count). The minimum absolute atomic E-state index is 0.0581. The summed E-state index contributed by atoms with van der Waals surface area (Å²) in [6, 6.07) is 5.44. The third-order valence-electron chi connectivity index (χ3n) is 3.51. The van der Waals surface area contributed by atoms with E-state index in [2.05, 4.69) is 31.3 Å². The van der Waals surface area contributed by atoms with Gasteiger partial charge < -0.3 is 5.32 Å². The fourth-order valence-electron chi connectivity index (χ4n) is 2.53. The fourth-order valence-corrected chi connectivity index (χ4v) is 2.77. The van der Waals surface area contributed by atoms with E-state index in [-0.39, 0.29) is 11.9 Å². The van der Waals surface area contributed by atoms with Gasteiger partial charge in [-0.2, -0.15) is 5.10 Å². The zero-order valence-corrected chi connectivity index (χ0v) is 13.5. The maximum Gasteiger partial charge on any atom is 0.250 e. The Morgan fingerprint density at radius 3 is 2.86 bits per heavy atom. The van der Waals surface area contributed by atoms with Crippen molar-refractivity contribution in [2.45, 2.75) is 19.4 Å². The normalized spacial score (nSPS) is 18.3. The Kier molecular flexibility index (Phi) is 3.67. The van der Waals surface area contributed by atoms with Crippen molar-refractivity contribution in [2.75, 3.05) is 16.8 Å². The molecule has 1 amide bonds. The van der Waals surface area contributed by atoms with E-state index >= 15 is 0 Å².